The first-order valence-corrected chi connectivity index (χ1v) is 13.2. The summed E-state index contributed by atoms with van der Waals surface area (Å²) in [6.45, 7) is 1.84. The number of aliphatic imine (C=N–C) groups is 1. The van der Waals surface area contributed by atoms with Crippen molar-refractivity contribution < 1.29 is 13.2 Å². The summed E-state index contributed by atoms with van der Waals surface area (Å²) in [5.41, 5.74) is 8.88. The van der Waals surface area contributed by atoms with Crippen LogP contribution < -0.4 is 10.5 Å². The molecule has 10 heteroatoms. The van der Waals surface area contributed by atoms with Gasteiger partial charge in [0, 0.05) is 17.5 Å². The van der Waals surface area contributed by atoms with Crippen molar-refractivity contribution in [2.24, 2.45) is 15.8 Å². The number of hydrogen-bond acceptors (Lipinski definition) is 5. The summed E-state index contributed by atoms with van der Waals surface area (Å²) in [7, 11) is -3.99. The Labute approximate surface area is 215 Å². The van der Waals surface area contributed by atoms with Crippen molar-refractivity contribution in [1.82, 2.24) is 9.73 Å². The molecule has 0 bridgehead atoms. The Hall–Kier alpha value is -3.69. The number of benzene rings is 3. The van der Waals surface area contributed by atoms with E-state index in [1.54, 1.807) is 24.3 Å². The lowest BCUT2D eigenvalue weighted by Gasteiger charge is -2.32. The summed E-state index contributed by atoms with van der Waals surface area (Å²) in [4.78, 5) is 15.7. The Bertz CT molecular complexity index is 1390. The van der Waals surface area contributed by atoms with Crippen LogP contribution in [0, 0.1) is 6.92 Å². The third-order valence-corrected chi connectivity index (χ3v) is 7.31. The predicted molar refractivity (Wildman–Crippen MR) is 141 cm³/mol. The number of aryl methyl sites for hydroxylation is 1. The third-order valence-electron chi connectivity index (χ3n) is 5.72. The number of rotatable bonds is 6. The van der Waals surface area contributed by atoms with Crippen LogP contribution in [-0.4, -0.2) is 44.1 Å². The first kappa shape index (κ1) is 25.4. The van der Waals surface area contributed by atoms with Crippen molar-refractivity contribution in [3.8, 4) is 0 Å². The Morgan fingerprint density at radius 2 is 1.75 bits per heavy atom. The van der Waals surface area contributed by atoms with Gasteiger partial charge in [0.15, 0.2) is 0 Å². The number of nitrogens with zero attached hydrogens (tertiary/aromatic N) is 3. The second-order valence-electron chi connectivity index (χ2n) is 8.39. The number of carbonyl (C=O) groups is 1. The zero-order valence-electron chi connectivity index (χ0n) is 19.6. The molecule has 1 heterocycles. The van der Waals surface area contributed by atoms with Crippen LogP contribution in [0.5, 0.6) is 0 Å². The van der Waals surface area contributed by atoms with Crippen molar-refractivity contribution in [1.29, 1.82) is 0 Å². The minimum absolute atomic E-state index is 0.0327. The third kappa shape index (κ3) is 6.10. The van der Waals surface area contributed by atoms with Crippen LogP contribution in [0.25, 0.3) is 0 Å². The molecule has 1 atom stereocenters. The second kappa shape index (κ2) is 10.9. The van der Waals surface area contributed by atoms with E-state index in [-0.39, 0.29) is 16.8 Å². The maximum Gasteiger partial charge on any atom is 0.264 e. The number of nitrogens with two attached hydrogens (primary N) is 1. The van der Waals surface area contributed by atoms with E-state index in [1.165, 1.54) is 17.1 Å². The monoisotopic (exact) mass is 523 g/mol. The molecule has 186 valence electrons. The van der Waals surface area contributed by atoms with Crippen molar-refractivity contribution in [2.45, 2.75) is 24.2 Å². The normalized spacial score (nSPS) is 16.4. The molecule has 0 saturated heterocycles. The van der Waals surface area contributed by atoms with Gasteiger partial charge in [0.05, 0.1) is 10.6 Å². The molecule has 0 spiro atoms. The fourth-order valence-electron chi connectivity index (χ4n) is 3.90. The summed E-state index contributed by atoms with van der Waals surface area (Å²) in [5, 5.41) is 6.87. The fourth-order valence-corrected chi connectivity index (χ4v) is 5.04. The van der Waals surface area contributed by atoms with E-state index in [0.717, 1.165) is 22.4 Å². The van der Waals surface area contributed by atoms with E-state index in [2.05, 4.69) is 9.71 Å². The molecule has 0 aromatic heterocycles. The Kier molecular flexibility index (Phi) is 7.71. The number of hydrazone groups is 1. The van der Waals surface area contributed by atoms with Gasteiger partial charge in [-0.25, -0.2) is 23.1 Å². The van der Waals surface area contributed by atoms with E-state index < -0.39 is 22.5 Å². The molecule has 3 N–H and O–H groups in total. The molecule has 1 amide bonds. The number of halogens is 1. The highest BCUT2D eigenvalue weighted by Gasteiger charge is 2.29. The molecule has 0 fully saturated rings. The SMILES string of the molecule is Cc1ccc(S(=O)(=O)NC(=NCC(N)=O)N2CCC(c3ccccc3)C(c3ccc(Cl)cc3)=N2)cc1. The minimum atomic E-state index is -3.99. The van der Waals surface area contributed by atoms with Crippen molar-refractivity contribution in [3.05, 3.63) is 101 Å². The molecule has 1 unspecified atom stereocenters. The number of sulfonamides is 1. The molecule has 8 nitrogen and oxygen atoms in total. The first-order chi connectivity index (χ1) is 17.2. The predicted octanol–water partition coefficient (Wildman–Crippen LogP) is 3.66. The molecule has 1 aliphatic rings. The Morgan fingerprint density at radius 3 is 2.39 bits per heavy atom. The number of hydrogen-bond donors (Lipinski definition) is 2. The van der Waals surface area contributed by atoms with Crippen LogP contribution in [0.4, 0.5) is 0 Å². The Balaban J connectivity index is 1.74. The molecular formula is C26H26ClN5O3S. The second-order valence-corrected chi connectivity index (χ2v) is 10.5. The highest BCUT2D eigenvalue weighted by molar-refractivity contribution is 7.90. The summed E-state index contributed by atoms with van der Waals surface area (Å²) in [5.74, 6) is -0.801. The van der Waals surface area contributed by atoms with Gasteiger partial charge in [-0.3, -0.25) is 4.79 Å². The zero-order chi connectivity index (χ0) is 25.7. The fraction of sp³-hybridized carbons (Fsp3) is 0.192. The highest BCUT2D eigenvalue weighted by atomic mass is 35.5. The summed E-state index contributed by atoms with van der Waals surface area (Å²) >= 11 is 6.10. The topological polar surface area (TPSA) is 117 Å². The Morgan fingerprint density at radius 1 is 1.08 bits per heavy atom. The molecule has 3 aromatic carbocycles. The summed E-state index contributed by atoms with van der Waals surface area (Å²) in [6.07, 6.45) is 0.632. The van der Waals surface area contributed by atoms with Crippen molar-refractivity contribution in [2.75, 3.05) is 13.1 Å². The smallest absolute Gasteiger partial charge is 0.264 e. The van der Waals surface area contributed by atoms with Crippen molar-refractivity contribution >= 4 is 39.2 Å². The molecule has 4 rings (SSSR count). The van der Waals surface area contributed by atoms with Gasteiger partial charge >= 0.3 is 0 Å². The van der Waals surface area contributed by atoms with Gasteiger partial charge in [-0.1, -0.05) is 71.8 Å². The zero-order valence-corrected chi connectivity index (χ0v) is 21.2. The lowest BCUT2D eigenvalue weighted by Crippen LogP contribution is -2.45. The minimum Gasteiger partial charge on any atom is -0.368 e. The average molecular weight is 524 g/mol. The van der Waals surface area contributed by atoms with Gasteiger partial charge in [-0.05, 0) is 48.7 Å². The lowest BCUT2D eigenvalue weighted by molar-refractivity contribution is -0.116. The van der Waals surface area contributed by atoms with Gasteiger partial charge in [0.2, 0.25) is 11.9 Å². The van der Waals surface area contributed by atoms with Crippen LogP contribution in [-0.2, 0) is 14.8 Å². The molecule has 0 saturated carbocycles. The van der Waals surface area contributed by atoms with Gasteiger partial charge in [0.25, 0.3) is 10.0 Å². The van der Waals surface area contributed by atoms with Crippen LogP contribution in [0.2, 0.25) is 5.02 Å². The highest BCUT2D eigenvalue weighted by Crippen LogP contribution is 2.30. The maximum absolute atomic E-state index is 13.1. The van der Waals surface area contributed by atoms with E-state index in [1.807, 2.05) is 49.4 Å². The van der Waals surface area contributed by atoms with Gasteiger partial charge in [-0.15, -0.1) is 0 Å². The number of primary amides is 1. The molecule has 0 aliphatic carbocycles. The van der Waals surface area contributed by atoms with E-state index in [9.17, 15) is 13.2 Å². The molecular weight excluding hydrogens is 498 g/mol. The molecule has 36 heavy (non-hydrogen) atoms. The van der Waals surface area contributed by atoms with E-state index >= 15 is 0 Å². The van der Waals surface area contributed by atoms with Crippen LogP contribution in [0.3, 0.4) is 0 Å². The van der Waals surface area contributed by atoms with Gasteiger partial charge in [-0.2, -0.15) is 5.10 Å². The quantitative estimate of drug-likeness (QED) is 0.378. The molecule has 1 aliphatic heterocycles. The van der Waals surface area contributed by atoms with Crippen LogP contribution in [0.15, 0.2) is 93.9 Å². The largest absolute Gasteiger partial charge is 0.368 e. The number of guanidine groups is 1. The lowest BCUT2D eigenvalue weighted by atomic mass is 9.86. The molecule has 0 radical (unpaired) electrons. The van der Waals surface area contributed by atoms with E-state index in [4.69, 9.17) is 22.4 Å². The first-order valence-electron chi connectivity index (χ1n) is 11.3. The van der Waals surface area contributed by atoms with Gasteiger partial charge < -0.3 is 5.73 Å². The van der Waals surface area contributed by atoms with Crippen LogP contribution in [0.1, 0.15) is 29.0 Å². The number of amides is 1. The van der Waals surface area contributed by atoms with Crippen LogP contribution >= 0.6 is 11.6 Å². The maximum atomic E-state index is 13.1. The number of carbonyl (C=O) groups excluding carboxylic acids is 1. The summed E-state index contributed by atoms with van der Waals surface area (Å²) < 4.78 is 28.7. The molecule has 3 aromatic rings. The van der Waals surface area contributed by atoms with Crippen molar-refractivity contribution in [3.63, 3.8) is 0 Å². The number of nitrogens with one attached hydrogen (secondary N) is 1. The average Bonchev–Trinajstić information content (AvgIpc) is 2.87. The van der Waals surface area contributed by atoms with E-state index in [0.29, 0.717) is 18.0 Å². The van der Waals surface area contributed by atoms with Gasteiger partial charge in [0.1, 0.15) is 6.54 Å². The standard InChI is InChI=1S/C26H26ClN5O3S/c1-18-7-13-22(14-8-18)36(34,35)31-26(29-17-24(28)33)32-16-15-23(19-5-3-2-4-6-19)25(30-32)20-9-11-21(27)12-10-20/h2-14,23H,15-17H2,1H3,(H2,28,33)(H,29,31). The summed E-state index contributed by atoms with van der Waals surface area (Å²) in [6, 6.07) is 23.7.